The first-order valence-corrected chi connectivity index (χ1v) is 8.83. The third-order valence-electron chi connectivity index (χ3n) is 4.65. The van der Waals surface area contributed by atoms with Gasteiger partial charge < -0.3 is 9.30 Å². The van der Waals surface area contributed by atoms with Gasteiger partial charge in [0.05, 0.1) is 28.7 Å². The van der Waals surface area contributed by atoms with Crippen molar-refractivity contribution in [3.63, 3.8) is 0 Å². The van der Waals surface area contributed by atoms with Crippen molar-refractivity contribution in [2.24, 2.45) is 0 Å². The van der Waals surface area contributed by atoms with Gasteiger partial charge in [-0.1, -0.05) is 48.5 Å². The second-order valence-corrected chi connectivity index (χ2v) is 6.42. The number of para-hydroxylation sites is 1. The molecule has 0 fully saturated rings. The molecule has 2 aromatic heterocycles. The SMILES string of the molecule is Cc1n[nH]c2c1c(=O)n(CCCOCc1ccccc1)c1ccccc21. The van der Waals surface area contributed by atoms with Gasteiger partial charge in [0, 0.05) is 18.5 Å². The Morgan fingerprint density at radius 2 is 1.85 bits per heavy atom. The lowest BCUT2D eigenvalue weighted by atomic mass is 10.1. The maximum Gasteiger partial charge on any atom is 0.262 e. The highest BCUT2D eigenvalue weighted by molar-refractivity contribution is 6.03. The van der Waals surface area contributed by atoms with Crippen LogP contribution in [0.3, 0.4) is 0 Å². The molecule has 0 bridgehead atoms. The van der Waals surface area contributed by atoms with Crippen molar-refractivity contribution in [3.05, 3.63) is 76.2 Å². The first kappa shape index (κ1) is 16.5. The number of aryl methyl sites for hydroxylation is 2. The maximum atomic E-state index is 13.0. The van der Waals surface area contributed by atoms with Crippen LogP contribution < -0.4 is 5.56 Å². The summed E-state index contributed by atoms with van der Waals surface area (Å²) in [6.45, 7) is 3.69. The number of pyridine rings is 1. The molecular weight excluding hydrogens is 326 g/mol. The summed E-state index contributed by atoms with van der Waals surface area (Å²) in [5, 5.41) is 8.93. The van der Waals surface area contributed by atoms with Gasteiger partial charge in [0.1, 0.15) is 0 Å². The lowest BCUT2D eigenvalue weighted by Gasteiger charge is -2.11. The smallest absolute Gasteiger partial charge is 0.262 e. The molecule has 0 atom stereocenters. The highest BCUT2D eigenvalue weighted by atomic mass is 16.5. The molecule has 4 rings (SSSR count). The molecule has 0 saturated heterocycles. The number of aromatic nitrogens is 3. The molecule has 0 radical (unpaired) electrons. The molecular formula is C21H21N3O2. The molecule has 0 aliphatic rings. The van der Waals surface area contributed by atoms with Crippen LogP contribution in [0.25, 0.3) is 21.8 Å². The quantitative estimate of drug-likeness (QED) is 0.540. The van der Waals surface area contributed by atoms with E-state index in [9.17, 15) is 4.79 Å². The number of hydrogen-bond acceptors (Lipinski definition) is 3. The third-order valence-corrected chi connectivity index (χ3v) is 4.65. The van der Waals surface area contributed by atoms with Crippen LogP contribution in [0.4, 0.5) is 0 Å². The molecule has 0 aliphatic heterocycles. The number of aromatic amines is 1. The molecule has 0 amide bonds. The fourth-order valence-electron chi connectivity index (χ4n) is 3.36. The second-order valence-electron chi connectivity index (χ2n) is 6.42. The van der Waals surface area contributed by atoms with E-state index in [0.29, 0.717) is 25.1 Å². The average molecular weight is 347 g/mol. The van der Waals surface area contributed by atoms with E-state index in [4.69, 9.17) is 4.74 Å². The first-order chi connectivity index (χ1) is 12.8. The molecule has 132 valence electrons. The van der Waals surface area contributed by atoms with Gasteiger partial charge in [-0.3, -0.25) is 9.89 Å². The van der Waals surface area contributed by atoms with Gasteiger partial charge in [0.25, 0.3) is 5.56 Å². The van der Waals surface area contributed by atoms with E-state index < -0.39 is 0 Å². The zero-order valence-electron chi connectivity index (χ0n) is 14.7. The van der Waals surface area contributed by atoms with E-state index >= 15 is 0 Å². The molecule has 26 heavy (non-hydrogen) atoms. The normalized spacial score (nSPS) is 11.4. The molecule has 2 heterocycles. The Morgan fingerprint density at radius 1 is 1.08 bits per heavy atom. The van der Waals surface area contributed by atoms with Gasteiger partial charge in [-0.15, -0.1) is 0 Å². The summed E-state index contributed by atoms with van der Waals surface area (Å²) in [5.41, 5.74) is 3.65. The maximum absolute atomic E-state index is 13.0. The minimum absolute atomic E-state index is 0.00742. The van der Waals surface area contributed by atoms with Crippen molar-refractivity contribution in [3.8, 4) is 0 Å². The molecule has 2 aromatic carbocycles. The molecule has 5 heteroatoms. The van der Waals surface area contributed by atoms with Crippen LogP contribution in [-0.4, -0.2) is 21.4 Å². The Morgan fingerprint density at radius 3 is 2.69 bits per heavy atom. The van der Waals surface area contributed by atoms with Gasteiger partial charge in [-0.2, -0.15) is 5.10 Å². The van der Waals surface area contributed by atoms with Crippen molar-refractivity contribution < 1.29 is 4.74 Å². The Balaban J connectivity index is 1.55. The standard InChI is InChI=1S/C21H21N3O2/c1-15-19-20(23-22-15)17-10-5-6-11-18(17)24(21(19)25)12-7-13-26-14-16-8-3-2-4-9-16/h2-6,8-11H,7,12-14H2,1H3,(H,22,23). The van der Waals surface area contributed by atoms with Gasteiger partial charge >= 0.3 is 0 Å². The number of rotatable bonds is 6. The molecule has 4 aromatic rings. The van der Waals surface area contributed by atoms with Gasteiger partial charge in [-0.25, -0.2) is 0 Å². The fraction of sp³-hybridized carbons (Fsp3) is 0.238. The Hall–Kier alpha value is -2.92. The van der Waals surface area contributed by atoms with Crippen LogP contribution in [0.5, 0.6) is 0 Å². The lowest BCUT2D eigenvalue weighted by molar-refractivity contribution is 0.115. The lowest BCUT2D eigenvalue weighted by Crippen LogP contribution is -2.21. The van der Waals surface area contributed by atoms with Crippen molar-refractivity contribution in [2.75, 3.05) is 6.61 Å². The van der Waals surface area contributed by atoms with Crippen molar-refractivity contribution in [1.29, 1.82) is 0 Å². The number of benzene rings is 2. The predicted molar refractivity (Wildman–Crippen MR) is 103 cm³/mol. The Labute approximate surface area is 151 Å². The first-order valence-electron chi connectivity index (χ1n) is 8.83. The molecule has 0 unspecified atom stereocenters. The number of nitrogens with zero attached hydrogens (tertiary/aromatic N) is 2. The second kappa shape index (κ2) is 7.14. The van der Waals surface area contributed by atoms with Crippen molar-refractivity contribution in [2.45, 2.75) is 26.5 Å². The number of nitrogens with one attached hydrogen (secondary N) is 1. The van der Waals surface area contributed by atoms with E-state index in [0.717, 1.165) is 34.1 Å². The fourth-order valence-corrected chi connectivity index (χ4v) is 3.36. The zero-order valence-corrected chi connectivity index (χ0v) is 14.7. The van der Waals surface area contributed by atoms with E-state index in [1.165, 1.54) is 0 Å². The Bertz CT molecular complexity index is 1100. The summed E-state index contributed by atoms with van der Waals surface area (Å²) in [6, 6.07) is 18.1. The minimum atomic E-state index is 0.00742. The summed E-state index contributed by atoms with van der Waals surface area (Å²) in [7, 11) is 0. The van der Waals surface area contributed by atoms with Crippen LogP contribution in [0.2, 0.25) is 0 Å². The summed E-state index contributed by atoms with van der Waals surface area (Å²) in [5.74, 6) is 0. The number of hydrogen-bond donors (Lipinski definition) is 1. The van der Waals surface area contributed by atoms with E-state index in [1.807, 2.05) is 66.1 Å². The largest absolute Gasteiger partial charge is 0.377 e. The average Bonchev–Trinajstić information content (AvgIpc) is 3.07. The van der Waals surface area contributed by atoms with Gasteiger partial charge in [0.2, 0.25) is 0 Å². The highest BCUT2D eigenvalue weighted by Gasteiger charge is 2.14. The zero-order chi connectivity index (χ0) is 17.9. The minimum Gasteiger partial charge on any atom is -0.377 e. The summed E-state index contributed by atoms with van der Waals surface area (Å²) < 4.78 is 7.60. The van der Waals surface area contributed by atoms with Gasteiger partial charge in [-0.05, 0) is 25.0 Å². The van der Waals surface area contributed by atoms with E-state index in [1.54, 1.807) is 0 Å². The summed E-state index contributed by atoms with van der Waals surface area (Å²) >= 11 is 0. The van der Waals surface area contributed by atoms with Crippen LogP contribution in [0, 0.1) is 6.92 Å². The number of ether oxygens (including phenoxy) is 1. The number of fused-ring (bicyclic) bond motifs is 3. The number of H-pyrrole nitrogens is 1. The van der Waals surface area contributed by atoms with Crippen LogP contribution in [0.15, 0.2) is 59.4 Å². The molecule has 0 saturated carbocycles. The van der Waals surface area contributed by atoms with E-state index in [-0.39, 0.29) is 5.56 Å². The van der Waals surface area contributed by atoms with Crippen LogP contribution in [-0.2, 0) is 17.9 Å². The molecule has 0 spiro atoms. The molecule has 1 N–H and O–H groups in total. The monoisotopic (exact) mass is 347 g/mol. The van der Waals surface area contributed by atoms with Crippen LogP contribution in [0.1, 0.15) is 17.7 Å². The van der Waals surface area contributed by atoms with Crippen LogP contribution >= 0.6 is 0 Å². The highest BCUT2D eigenvalue weighted by Crippen LogP contribution is 2.22. The van der Waals surface area contributed by atoms with Crippen molar-refractivity contribution >= 4 is 21.8 Å². The topological polar surface area (TPSA) is 59.9 Å². The molecule has 5 nitrogen and oxygen atoms in total. The predicted octanol–water partition coefficient (Wildman–Crippen LogP) is 3.79. The van der Waals surface area contributed by atoms with E-state index in [2.05, 4.69) is 10.2 Å². The third kappa shape index (κ3) is 3.02. The summed E-state index contributed by atoms with van der Waals surface area (Å²) in [6.07, 6.45) is 0.777. The van der Waals surface area contributed by atoms with Gasteiger partial charge in [0.15, 0.2) is 0 Å². The summed E-state index contributed by atoms with van der Waals surface area (Å²) in [4.78, 5) is 13.0. The van der Waals surface area contributed by atoms with Crippen molar-refractivity contribution in [1.82, 2.24) is 14.8 Å². The molecule has 0 aliphatic carbocycles. The Kier molecular flexibility index (Phi) is 4.54.